The van der Waals surface area contributed by atoms with E-state index in [9.17, 15) is 4.79 Å². The van der Waals surface area contributed by atoms with E-state index in [2.05, 4.69) is 20.4 Å². The predicted molar refractivity (Wildman–Crippen MR) is 31.4 cm³/mol. The summed E-state index contributed by atoms with van der Waals surface area (Å²) in [5.74, 6) is 0. The topological polar surface area (TPSA) is 75.9 Å². The van der Waals surface area contributed by atoms with E-state index in [0.717, 1.165) is 0 Å². The Balaban J connectivity index is 3.09. The highest BCUT2D eigenvalue weighted by atomic mass is 16.1. The van der Waals surface area contributed by atoms with Crippen molar-refractivity contribution in [1.29, 1.82) is 0 Å². The van der Waals surface area contributed by atoms with Gasteiger partial charge >= 0.3 is 5.69 Å². The predicted octanol–water partition coefficient (Wildman–Crippen LogP) is -1.19. The Morgan fingerprint density at radius 3 is 3.30 bits per heavy atom. The number of nitrogens with one attached hydrogen (secondary N) is 1. The first-order chi connectivity index (χ1) is 4.88. The van der Waals surface area contributed by atoms with Crippen molar-refractivity contribution in [3.63, 3.8) is 0 Å². The molecule has 0 unspecified atom stereocenters. The average Bonchev–Trinajstić information content (AvgIpc) is 2.36. The number of hydrogen-bond acceptors (Lipinski definition) is 4. The quantitative estimate of drug-likeness (QED) is 0.495. The largest absolute Gasteiger partial charge is 0.348 e. The molecule has 0 spiro atoms. The molecular weight excluding hydrogens is 134 g/mol. The van der Waals surface area contributed by atoms with E-state index in [1.165, 1.54) is 16.9 Å². The van der Waals surface area contributed by atoms with E-state index in [1.54, 1.807) is 0 Å². The number of H-pyrrole nitrogens is 1. The number of fused-ring (bicyclic) bond motifs is 1. The van der Waals surface area contributed by atoms with Crippen LogP contribution in [0, 0.1) is 0 Å². The first-order valence-corrected chi connectivity index (χ1v) is 2.61. The molecule has 0 aliphatic carbocycles. The molecule has 0 fully saturated rings. The van der Waals surface area contributed by atoms with Crippen LogP contribution in [0.25, 0.3) is 5.65 Å². The first-order valence-electron chi connectivity index (χ1n) is 2.61. The maximum absolute atomic E-state index is 10.8. The van der Waals surface area contributed by atoms with Gasteiger partial charge in [0, 0.05) is 0 Å². The molecular formula is C4H3N5O. The fourth-order valence-corrected chi connectivity index (χ4v) is 0.688. The van der Waals surface area contributed by atoms with Crippen LogP contribution in [0.5, 0.6) is 0 Å². The normalized spacial score (nSPS) is 10.4. The average molecular weight is 137 g/mol. The molecule has 0 aliphatic rings. The minimum Gasteiger partial charge on any atom is -0.246 e. The molecule has 0 saturated heterocycles. The summed E-state index contributed by atoms with van der Waals surface area (Å²) in [6.45, 7) is 0. The standard InChI is InChI=1S/C4H3N5O/c10-4-8-5-1-3-7-6-2-9(3)4/h1-2H,(H,8,10). The molecule has 0 aromatic carbocycles. The third kappa shape index (κ3) is 0.524. The Hall–Kier alpha value is -1.72. The smallest absolute Gasteiger partial charge is 0.246 e. The van der Waals surface area contributed by atoms with Crippen LogP contribution in [0.4, 0.5) is 0 Å². The van der Waals surface area contributed by atoms with Gasteiger partial charge < -0.3 is 0 Å². The van der Waals surface area contributed by atoms with E-state index in [0.29, 0.717) is 5.65 Å². The Kier molecular flexibility index (Phi) is 0.830. The van der Waals surface area contributed by atoms with Gasteiger partial charge in [0.25, 0.3) is 0 Å². The van der Waals surface area contributed by atoms with E-state index < -0.39 is 0 Å². The summed E-state index contributed by atoms with van der Waals surface area (Å²) in [5, 5.41) is 12.9. The third-order valence-corrected chi connectivity index (χ3v) is 1.13. The fourth-order valence-electron chi connectivity index (χ4n) is 0.688. The number of nitrogens with zero attached hydrogens (tertiary/aromatic N) is 4. The summed E-state index contributed by atoms with van der Waals surface area (Å²) in [4.78, 5) is 10.8. The van der Waals surface area contributed by atoms with Crippen molar-refractivity contribution in [1.82, 2.24) is 24.8 Å². The second-order valence-electron chi connectivity index (χ2n) is 1.73. The second kappa shape index (κ2) is 1.63. The van der Waals surface area contributed by atoms with E-state index in [1.807, 2.05) is 0 Å². The van der Waals surface area contributed by atoms with Gasteiger partial charge in [0.15, 0.2) is 5.65 Å². The highest BCUT2D eigenvalue weighted by Gasteiger charge is 1.95. The summed E-state index contributed by atoms with van der Waals surface area (Å²) >= 11 is 0. The molecule has 2 aromatic rings. The maximum atomic E-state index is 10.8. The van der Waals surface area contributed by atoms with Crippen molar-refractivity contribution in [3.05, 3.63) is 23.0 Å². The molecule has 2 heterocycles. The molecule has 6 nitrogen and oxygen atoms in total. The lowest BCUT2D eigenvalue weighted by Gasteiger charge is -1.84. The lowest BCUT2D eigenvalue weighted by molar-refractivity contribution is 0.883. The summed E-state index contributed by atoms with van der Waals surface area (Å²) in [7, 11) is 0. The van der Waals surface area contributed by atoms with E-state index >= 15 is 0 Å². The minimum atomic E-state index is -0.331. The van der Waals surface area contributed by atoms with Crippen LogP contribution in [0.3, 0.4) is 0 Å². The Bertz CT molecular complexity index is 401. The van der Waals surface area contributed by atoms with Crippen LogP contribution in [0.1, 0.15) is 0 Å². The highest BCUT2D eigenvalue weighted by molar-refractivity contribution is 5.29. The van der Waals surface area contributed by atoms with Crippen molar-refractivity contribution < 1.29 is 0 Å². The van der Waals surface area contributed by atoms with Gasteiger partial charge in [-0.15, -0.1) is 10.2 Å². The molecule has 0 amide bonds. The molecule has 0 saturated carbocycles. The summed E-state index contributed by atoms with van der Waals surface area (Å²) in [6, 6.07) is 0. The van der Waals surface area contributed by atoms with Gasteiger partial charge in [0.2, 0.25) is 0 Å². The molecule has 6 heteroatoms. The van der Waals surface area contributed by atoms with E-state index in [-0.39, 0.29) is 5.69 Å². The van der Waals surface area contributed by atoms with Gasteiger partial charge in [-0.05, 0) is 0 Å². The number of aromatic nitrogens is 5. The zero-order chi connectivity index (χ0) is 6.97. The number of aromatic amines is 1. The molecule has 2 rings (SSSR count). The monoisotopic (exact) mass is 137 g/mol. The molecule has 0 bridgehead atoms. The third-order valence-electron chi connectivity index (χ3n) is 1.13. The second-order valence-corrected chi connectivity index (χ2v) is 1.73. The molecule has 10 heavy (non-hydrogen) atoms. The minimum absolute atomic E-state index is 0.331. The molecule has 1 N–H and O–H groups in total. The van der Waals surface area contributed by atoms with Gasteiger partial charge in [-0.25, -0.2) is 14.3 Å². The zero-order valence-corrected chi connectivity index (χ0v) is 4.85. The number of hydrogen-bond donors (Lipinski definition) is 1. The lowest BCUT2D eigenvalue weighted by Crippen LogP contribution is -2.15. The van der Waals surface area contributed by atoms with Gasteiger partial charge in [-0.1, -0.05) is 0 Å². The van der Waals surface area contributed by atoms with Gasteiger partial charge in [0.05, 0.1) is 6.20 Å². The van der Waals surface area contributed by atoms with Crippen LogP contribution in [0.2, 0.25) is 0 Å². The SMILES string of the molecule is O=c1[nH]ncc2nncn12. The van der Waals surface area contributed by atoms with Crippen LogP contribution in [0.15, 0.2) is 17.3 Å². The summed E-state index contributed by atoms with van der Waals surface area (Å²) < 4.78 is 1.27. The van der Waals surface area contributed by atoms with Crippen molar-refractivity contribution >= 4 is 5.65 Å². The Labute approximate surface area is 54.5 Å². The van der Waals surface area contributed by atoms with Crippen LogP contribution >= 0.6 is 0 Å². The Morgan fingerprint density at radius 1 is 1.60 bits per heavy atom. The number of rotatable bonds is 0. The maximum Gasteiger partial charge on any atom is 0.348 e. The van der Waals surface area contributed by atoms with Crippen molar-refractivity contribution in [2.45, 2.75) is 0 Å². The van der Waals surface area contributed by atoms with Crippen LogP contribution < -0.4 is 5.69 Å². The summed E-state index contributed by atoms with van der Waals surface area (Å²) in [5.41, 5.74) is 0.117. The van der Waals surface area contributed by atoms with Crippen LogP contribution in [-0.2, 0) is 0 Å². The van der Waals surface area contributed by atoms with Crippen LogP contribution in [-0.4, -0.2) is 24.8 Å². The van der Waals surface area contributed by atoms with Gasteiger partial charge in [-0.3, -0.25) is 0 Å². The van der Waals surface area contributed by atoms with Crippen molar-refractivity contribution in [2.75, 3.05) is 0 Å². The zero-order valence-electron chi connectivity index (χ0n) is 4.85. The van der Waals surface area contributed by atoms with E-state index in [4.69, 9.17) is 0 Å². The molecule has 0 aliphatic heterocycles. The Morgan fingerprint density at radius 2 is 2.50 bits per heavy atom. The molecule has 0 atom stereocenters. The van der Waals surface area contributed by atoms with Gasteiger partial charge in [-0.2, -0.15) is 5.10 Å². The van der Waals surface area contributed by atoms with Crippen molar-refractivity contribution in [3.8, 4) is 0 Å². The van der Waals surface area contributed by atoms with Crippen molar-refractivity contribution in [2.24, 2.45) is 0 Å². The fraction of sp³-hybridized carbons (Fsp3) is 0. The molecule has 2 aromatic heterocycles. The highest BCUT2D eigenvalue weighted by Crippen LogP contribution is 1.84. The molecule has 0 radical (unpaired) electrons. The summed E-state index contributed by atoms with van der Waals surface area (Å²) in [6.07, 6.45) is 2.75. The van der Waals surface area contributed by atoms with Gasteiger partial charge in [0.1, 0.15) is 6.33 Å². The molecule has 50 valence electrons. The lowest BCUT2D eigenvalue weighted by atomic mass is 10.8. The first kappa shape index (κ1) is 5.10.